The van der Waals surface area contributed by atoms with Crippen LogP contribution in [0, 0.1) is 23.7 Å². The van der Waals surface area contributed by atoms with Crippen molar-refractivity contribution in [2.75, 3.05) is 13.6 Å². The van der Waals surface area contributed by atoms with Crippen molar-refractivity contribution >= 4 is 0 Å². The largest absolute Gasteiger partial charge is 0.319 e. The third-order valence-electron chi connectivity index (χ3n) is 5.92. The molecule has 0 spiro atoms. The first kappa shape index (κ1) is 12.7. The second kappa shape index (κ2) is 4.76. The van der Waals surface area contributed by atoms with Gasteiger partial charge in [-0.25, -0.2) is 4.68 Å². The molecule has 4 aliphatic rings. The SMILES string of the molecule is CNCCc1cc(=O)n(C2C3CC4CC(C3)CC2C4)[nH]1. The molecule has 4 aliphatic carbocycles. The van der Waals surface area contributed by atoms with Crippen molar-refractivity contribution in [3.05, 3.63) is 22.1 Å². The summed E-state index contributed by atoms with van der Waals surface area (Å²) in [5.41, 5.74) is 1.27. The Labute approximate surface area is 119 Å². The number of hydrogen-bond donors (Lipinski definition) is 2. The fourth-order valence-electron chi connectivity index (χ4n) is 5.39. The van der Waals surface area contributed by atoms with Crippen LogP contribution in [-0.4, -0.2) is 23.4 Å². The zero-order valence-corrected chi connectivity index (χ0v) is 12.3. The quantitative estimate of drug-likeness (QED) is 0.882. The molecule has 0 atom stereocenters. The van der Waals surface area contributed by atoms with Gasteiger partial charge in [0.05, 0.1) is 6.04 Å². The Morgan fingerprint density at radius 1 is 1.20 bits per heavy atom. The van der Waals surface area contributed by atoms with Crippen LogP contribution in [0.5, 0.6) is 0 Å². The molecule has 0 radical (unpaired) electrons. The van der Waals surface area contributed by atoms with Crippen molar-refractivity contribution < 1.29 is 0 Å². The molecule has 0 aromatic carbocycles. The van der Waals surface area contributed by atoms with Crippen molar-refractivity contribution in [3.63, 3.8) is 0 Å². The Balaban J connectivity index is 1.61. The van der Waals surface area contributed by atoms with Gasteiger partial charge in [0.1, 0.15) is 0 Å². The maximum absolute atomic E-state index is 12.3. The van der Waals surface area contributed by atoms with E-state index >= 15 is 0 Å². The molecule has 0 saturated heterocycles. The van der Waals surface area contributed by atoms with Crippen LogP contribution in [0.3, 0.4) is 0 Å². The highest BCUT2D eigenvalue weighted by atomic mass is 16.1. The number of nitrogens with zero attached hydrogens (tertiary/aromatic N) is 1. The van der Waals surface area contributed by atoms with Crippen LogP contribution >= 0.6 is 0 Å². The molecule has 0 unspecified atom stereocenters. The van der Waals surface area contributed by atoms with Crippen LogP contribution in [0.2, 0.25) is 0 Å². The highest BCUT2D eigenvalue weighted by molar-refractivity contribution is 5.05. The predicted molar refractivity (Wildman–Crippen MR) is 78.8 cm³/mol. The molecule has 0 aliphatic heterocycles. The number of H-pyrrole nitrogens is 1. The number of aromatic amines is 1. The van der Waals surface area contributed by atoms with Crippen molar-refractivity contribution in [3.8, 4) is 0 Å². The van der Waals surface area contributed by atoms with Crippen LogP contribution in [0.1, 0.15) is 43.8 Å². The summed E-state index contributed by atoms with van der Waals surface area (Å²) in [4.78, 5) is 12.3. The number of likely N-dealkylation sites (N-methyl/N-ethyl adjacent to an activating group) is 1. The lowest BCUT2D eigenvalue weighted by molar-refractivity contribution is -0.0349. The molecule has 2 N–H and O–H groups in total. The summed E-state index contributed by atoms with van der Waals surface area (Å²) in [6.45, 7) is 0.918. The van der Waals surface area contributed by atoms with E-state index in [1.54, 1.807) is 0 Å². The Hall–Kier alpha value is -1.03. The number of hydrogen-bond acceptors (Lipinski definition) is 2. The lowest BCUT2D eigenvalue weighted by atomic mass is 9.54. The van der Waals surface area contributed by atoms with E-state index in [4.69, 9.17) is 0 Å². The zero-order valence-electron chi connectivity index (χ0n) is 12.3. The van der Waals surface area contributed by atoms with Crippen LogP contribution in [-0.2, 0) is 6.42 Å². The van der Waals surface area contributed by atoms with E-state index in [9.17, 15) is 4.79 Å². The summed E-state index contributed by atoms with van der Waals surface area (Å²) in [5, 5.41) is 6.55. The van der Waals surface area contributed by atoms with Gasteiger partial charge in [-0.05, 0) is 62.8 Å². The molecule has 4 bridgehead atoms. The van der Waals surface area contributed by atoms with Crippen molar-refractivity contribution in [1.82, 2.24) is 15.1 Å². The van der Waals surface area contributed by atoms with Crippen molar-refractivity contribution in [2.24, 2.45) is 23.7 Å². The molecule has 1 heterocycles. The van der Waals surface area contributed by atoms with Gasteiger partial charge in [0, 0.05) is 24.7 Å². The Morgan fingerprint density at radius 2 is 1.85 bits per heavy atom. The van der Waals surface area contributed by atoms with Gasteiger partial charge in [-0.3, -0.25) is 9.89 Å². The monoisotopic (exact) mass is 275 g/mol. The lowest BCUT2D eigenvalue weighted by Crippen LogP contribution is -2.48. The van der Waals surface area contributed by atoms with Gasteiger partial charge in [-0.15, -0.1) is 0 Å². The van der Waals surface area contributed by atoms with Crippen molar-refractivity contribution in [1.29, 1.82) is 0 Å². The van der Waals surface area contributed by atoms with Gasteiger partial charge in [-0.2, -0.15) is 0 Å². The van der Waals surface area contributed by atoms with Crippen LogP contribution in [0.4, 0.5) is 0 Å². The molecule has 0 amide bonds. The van der Waals surface area contributed by atoms with Gasteiger partial charge in [0.15, 0.2) is 0 Å². The number of rotatable bonds is 4. The topological polar surface area (TPSA) is 49.8 Å². The molecule has 110 valence electrons. The zero-order chi connectivity index (χ0) is 13.7. The molecule has 1 aromatic heterocycles. The predicted octanol–water partition coefficient (Wildman–Crippen LogP) is 1.94. The normalized spacial score (nSPS) is 38.5. The first-order chi connectivity index (χ1) is 9.74. The third-order valence-corrected chi connectivity index (χ3v) is 5.92. The van der Waals surface area contributed by atoms with Gasteiger partial charge >= 0.3 is 0 Å². The van der Waals surface area contributed by atoms with Crippen LogP contribution < -0.4 is 10.9 Å². The molecular weight excluding hydrogens is 250 g/mol. The fraction of sp³-hybridized carbons (Fsp3) is 0.812. The average Bonchev–Trinajstić information content (AvgIpc) is 2.76. The smallest absolute Gasteiger partial charge is 0.266 e. The molecule has 20 heavy (non-hydrogen) atoms. The summed E-state index contributed by atoms with van der Waals surface area (Å²) >= 11 is 0. The standard InChI is InChI=1S/C16H25N3O/c1-17-3-2-14-9-15(20)19(18-14)16-12-5-10-4-11(7-12)8-13(16)6-10/h9-13,16-18H,2-8H2,1H3. The molecule has 4 heteroatoms. The highest BCUT2D eigenvalue weighted by Gasteiger charge is 2.49. The van der Waals surface area contributed by atoms with Crippen LogP contribution in [0.25, 0.3) is 0 Å². The van der Waals surface area contributed by atoms with E-state index in [2.05, 4.69) is 10.4 Å². The van der Waals surface area contributed by atoms with E-state index in [0.717, 1.165) is 42.3 Å². The van der Waals surface area contributed by atoms with Gasteiger partial charge in [0.25, 0.3) is 5.56 Å². The second-order valence-corrected chi connectivity index (χ2v) is 7.26. The minimum Gasteiger partial charge on any atom is -0.319 e. The van der Waals surface area contributed by atoms with E-state index < -0.39 is 0 Å². The van der Waals surface area contributed by atoms with E-state index in [-0.39, 0.29) is 5.56 Å². The first-order valence-corrected chi connectivity index (χ1v) is 8.19. The summed E-state index contributed by atoms with van der Waals surface area (Å²) in [6.07, 6.45) is 7.80. The van der Waals surface area contributed by atoms with Gasteiger partial charge in [0.2, 0.25) is 0 Å². The molecular formula is C16H25N3O. The molecule has 4 saturated carbocycles. The van der Waals surface area contributed by atoms with E-state index in [1.807, 2.05) is 17.8 Å². The highest BCUT2D eigenvalue weighted by Crippen LogP contribution is 2.57. The Kier molecular flexibility index (Phi) is 3.02. The Morgan fingerprint density at radius 3 is 2.45 bits per heavy atom. The summed E-state index contributed by atoms with van der Waals surface area (Å²) in [7, 11) is 1.95. The van der Waals surface area contributed by atoms with Crippen LogP contribution in [0.15, 0.2) is 10.9 Å². The first-order valence-electron chi connectivity index (χ1n) is 8.19. The van der Waals surface area contributed by atoms with Gasteiger partial charge in [-0.1, -0.05) is 0 Å². The van der Waals surface area contributed by atoms with Gasteiger partial charge < -0.3 is 5.32 Å². The lowest BCUT2D eigenvalue weighted by Gasteiger charge is -2.54. The Bertz CT molecular complexity index is 516. The molecule has 5 rings (SSSR count). The summed E-state index contributed by atoms with van der Waals surface area (Å²) < 4.78 is 1.98. The minimum absolute atomic E-state index is 0.188. The molecule has 1 aromatic rings. The minimum atomic E-state index is 0.188. The number of nitrogens with one attached hydrogen (secondary N) is 2. The van der Waals surface area contributed by atoms with Crippen molar-refractivity contribution in [2.45, 2.75) is 44.6 Å². The summed E-state index contributed by atoms with van der Waals surface area (Å²) in [6, 6.07) is 2.27. The second-order valence-electron chi connectivity index (χ2n) is 7.26. The molecule has 4 fully saturated rings. The van der Waals surface area contributed by atoms with E-state index in [0.29, 0.717) is 6.04 Å². The molecule has 4 nitrogen and oxygen atoms in total. The summed E-state index contributed by atoms with van der Waals surface area (Å²) in [5.74, 6) is 3.42. The van der Waals surface area contributed by atoms with E-state index in [1.165, 1.54) is 32.1 Å². The number of aromatic nitrogens is 2. The fourth-order valence-corrected chi connectivity index (χ4v) is 5.39. The average molecular weight is 275 g/mol. The maximum Gasteiger partial charge on any atom is 0.266 e. The third kappa shape index (κ3) is 1.96. The maximum atomic E-state index is 12.3.